The standard InChI is InChI=1S/C18H24N2O2/c1-2-17(21)18(22)20-12-15-8-9-16(13-20)19(11-15)10-14-6-4-3-5-7-14/h3-7,15-16H,2,8-13H2,1H3/t15-,16-/m1/s1. The van der Waals surface area contributed by atoms with E-state index in [-0.39, 0.29) is 11.7 Å². The molecule has 4 nitrogen and oxygen atoms in total. The van der Waals surface area contributed by atoms with Crippen molar-refractivity contribution in [1.29, 1.82) is 0 Å². The molecule has 3 heterocycles. The van der Waals surface area contributed by atoms with Crippen LogP contribution in [0.4, 0.5) is 0 Å². The van der Waals surface area contributed by atoms with Gasteiger partial charge in [-0.05, 0) is 24.3 Å². The molecule has 3 saturated heterocycles. The van der Waals surface area contributed by atoms with Crippen LogP contribution in [0.15, 0.2) is 30.3 Å². The summed E-state index contributed by atoms with van der Waals surface area (Å²) in [6, 6.07) is 10.9. The van der Waals surface area contributed by atoms with Crippen LogP contribution >= 0.6 is 0 Å². The van der Waals surface area contributed by atoms with E-state index in [0.29, 0.717) is 24.9 Å². The zero-order chi connectivity index (χ0) is 15.5. The number of ketones is 1. The first-order valence-corrected chi connectivity index (χ1v) is 8.27. The highest BCUT2D eigenvalue weighted by Crippen LogP contribution is 2.29. The van der Waals surface area contributed by atoms with E-state index in [1.54, 1.807) is 11.8 Å². The van der Waals surface area contributed by atoms with Gasteiger partial charge in [0.25, 0.3) is 5.91 Å². The number of Topliss-reactive ketones (excluding diaryl/α,β-unsaturated/α-hetero) is 1. The number of piperidine rings is 1. The summed E-state index contributed by atoms with van der Waals surface area (Å²) in [5.74, 6) is -0.0343. The highest BCUT2D eigenvalue weighted by Gasteiger charge is 2.37. The molecule has 2 bridgehead atoms. The summed E-state index contributed by atoms with van der Waals surface area (Å²) in [6.07, 6.45) is 2.60. The summed E-state index contributed by atoms with van der Waals surface area (Å²) in [4.78, 5) is 28.2. The third-order valence-corrected chi connectivity index (χ3v) is 4.90. The van der Waals surface area contributed by atoms with E-state index >= 15 is 0 Å². The summed E-state index contributed by atoms with van der Waals surface area (Å²) in [6.45, 7) is 5.17. The van der Waals surface area contributed by atoms with Gasteiger partial charge in [0.1, 0.15) is 0 Å². The van der Waals surface area contributed by atoms with Crippen molar-refractivity contribution in [2.24, 2.45) is 5.92 Å². The van der Waals surface area contributed by atoms with Gasteiger partial charge in [-0.3, -0.25) is 14.5 Å². The van der Waals surface area contributed by atoms with Gasteiger partial charge in [0.15, 0.2) is 0 Å². The van der Waals surface area contributed by atoms with Crippen molar-refractivity contribution >= 4 is 11.7 Å². The first-order chi connectivity index (χ1) is 10.7. The van der Waals surface area contributed by atoms with Crippen LogP contribution in [0.1, 0.15) is 31.7 Å². The Morgan fingerprint density at radius 1 is 1.09 bits per heavy atom. The van der Waals surface area contributed by atoms with Gasteiger partial charge in [-0.25, -0.2) is 0 Å². The summed E-state index contributed by atoms with van der Waals surface area (Å²) < 4.78 is 0. The molecular formula is C18H24N2O2. The number of carbonyl (C=O) groups is 2. The SMILES string of the molecule is CCC(=O)C(=O)N1C[C@@H]2CC[C@H](C1)N(Cc1ccccc1)C2. The van der Waals surface area contributed by atoms with Crippen LogP contribution in [0.25, 0.3) is 0 Å². The van der Waals surface area contributed by atoms with Crippen molar-refractivity contribution in [3.05, 3.63) is 35.9 Å². The average molecular weight is 300 g/mol. The van der Waals surface area contributed by atoms with Gasteiger partial charge < -0.3 is 4.90 Å². The first-order valence-electron chi connectivity index (χ1n) is 8.27. The van der Waals surface area contributed by atoms with Crippen molar-refractivity contribution in [2.75, 3.05) is 19.6 Å². The number of amides is 1. The third kappa shape index (κ3) is 3.22. The Labute approximate surface area is 132 Å². The molecule has 0 aliphatic carbocycles. The highest BCUT2D eigenvalue weighted by atomic mass is 16.2. The largest absolute Gasteiger partial charge is 0.334 e. The minimum absolute atomic E-state index is 0.254. The number of fused-ring (bicyclic) bond motifs is 4. The van der Waals surface area contributed by atoms with Crippen molar-refractivity contribution in [1.82, 2.24) is 9.80 Å². The quantitative estimate of drug-likeness (QED) is 0.800. The Morgan fingerprint density at radius 2 is 1.86 bits per heavy atom. The molecule has 0 aromatic heterocycles. The van der Waals surface area contributed by atoms with Crippen molar-refractivity contribution in [2.45, 2.75) is 38.8 Å². The maximum absolute atomic E-state index is 12.2. The van der Waals surface area contributed by atoms with Crippen LogP contribution in [0.3, 0.4) is 0 Å². The molecule has 118 valence electrons. The molecule has 0 N–H and O–H groups in total. The van der Waals surface area contributed by atoms with Crippen LogP contribution in [-0.4, -0.2) is 47.2 Å². The molecule has 4 heteroatoms. The molecule has 2 atom stereocenters. The van der Waals surface area contributed by atoms with E-state index < -0.39 is 0 Å². The zero-order valence-corrected chi connectivity index (χ0v) is 13.2. The Kier molecular flexibility index (Phi) is 4.57. The molecule has 0 unspecified atom stereocenters. The van der Waals surface area contributed by atoms with E-state index in [9.17, 15) is 9.59 Å². The third-order valence-electron chi connectivity index (χ3n) is 4.90. The second-order valence-electron chi connectivity index (χ2n) is 6.50. The summed E-state index contributed by atoms with van der Waals surface area (Å²) >= 11 is 0. The van der Waals surface area contributed by atoms with Gasteiger partial charge in [0.05, 0.1) is 0 Å². The van der Waals surface area contributed by atoms with Crippen molar-refractivity contribution in [3.63, 3.8) is 0 Å². The normalized spacial score (nSPS) is 25.0. The fraction of sp³-hybridized carbons (Fsp3) is 0.556. The minimum Gasteiger partial charge on any atom is -0.334 e. The van der Waals surface area contributed by atoms with E-state index in [0.717, 1.165) is 26.1 Å². The highest BCUT2D eigenvalue weighted by molar-refractivity contribution is 6.35. The first kappa shape index (κ1) is 15.2. The van der Waals surface area contributed by atoms with Crippen molar-refractivity contribution in [3.8, 4) is 0 Å². The zero-order valence-electron chi connectivity index (χ0n) is 13.2. The maximum Gasteiger partial charge on any atom is 0.289 e. The summed E-state index contributed by atoms with van der Waals surface area (Å²) in [5, 5.41) is 0. The number of benzene rings is 1. The molecule has 3 aliphatic rings. The summed E-state index contributed by atoms with van der Waals surface area (Å²) in [7, 11) is 0. The fourth-order valence-corrected chi connectivity index (χ4v) is 3.68. The lowest BCUT2D eigenvalue weighted by molar-refractivity contribution is -0.144. The minimum atomic E-state index is -0.277. The molecule has 1 amide bonds. The molecular weight excluding hydrogens is 276 g/mol. The molecule has 3 fully saturated rings. The molecule has 1 aromatic carbocycles. The molecule has 0 saturated carbocycles. The smallest absolute Gasteiger partial charge is 0.289 e. The van der Waals surface area contributed by atoms with Crippen molar-refractivity contribution < 1.29 is 9.59 Å². The Hall–Kier alpha value is -1.68. The van der Waals surface area contributed by atoms with Gasteiger partial charge in [-0.15, -0.1) is 0 Å². The Bertz CT molecular complexity index is 543. The lowest BCUT2D eigenvalue weighted by atomic mass is 9.94. The second kappa shape index (κ2) is 6.61. The van der Waals surface area contributed by atoms with Gasteiger partial charge in [-0.2, -0.15) is 0 Å². The van der Waals surface area contributed by atoms with Crippen LogP contribution in [0.2, 0.25) is 0 Å². The fourth-order valence-electron chi connectivity index (χ4n) is 3.68. The van der Waals surface area contributed by atoms with E-state index in [1.807, 2.05) is 6.07 Å². The van der Waals surface area contributed by atoms with Gasteiger partial charge in [0, 0.05) is 38.6 Å². The number of nitrogens with zero attached hydrogens (tertiary/aromatic N) is 2. The van der Waals surface area contributed by atoms with E-state index in [4.69, 9.17) is 0 Å². The number of rotatable bonds is 4. The van der Waals surface area contributed by atoms with E-state index in [1.165, 1.54) is 12.0 Å². The van der Waals surface area contributed by atoms with Crippen LogP contribution in [0.5, 0.6) is 0 Å². The number of carbonyl (C=O) groups excluding carboxylic acids is 2. The van der Waals surface area contributed by atoms with Crippen LogP contribution in [0, 0.1) is 5.92 Å². The number of hydrogen-bond acceptors (Lipinski definition) is 3. The predicted molar refractivity (Wildman–Crippen MR) is 85.2 cm³/mol. The molecule has 0 radical (unpaired) electrons. The van der Waals surface area contributed by atoms with Gasteiger partial charge in [-0.1, -0.05) is 37.3 Å². The Balaban J connectivity index is 1.70. The van der Waals surface area contributed by atoms with E-state index in [2.05, 4.69) is 29.2 Å². The van der Waals surface area contributed by atoms with Crippen LogP contribution < -0.4 is 0 Å². The van der Waals surface area contributed by atoms with Crippen LogP contribution in [-0.2, 0) is 16.1 Å². The monoisotopic (exact) mass is 300 g/mol. The Morgan fingerprint density at radius 3 is 2.59 bits per heavy atom. The molecule has 22 heavy (non-hydrogen) atoms. The van der Waals surface area contributed by atoms with Gasteiger partial charge in [0.2, 0.25) is 5.78 Å². The van der Waals surface area contributed by atoms with Gasteiger partial charge >= 0.3 is 0 Å². The topological polar surface area (TPSA) is 40.6 Å². The molecule has 0 spiro atoms. The second-order valence-corrected chi connectivity index (χ2v) is 6.50. The lowest BCUT2D eigenvalue weighted by Gasteiger charge is -2.36. The average Bonchev–Trinajstić information content (AvgIpc) is 2.86. The maximum atomic E-state index is 12.2. The molecule has 3 aliphatic heterocycles. The summed E-state index contributed by atoms with van der Waals surface area (Å²) in [5.41, 5.74) is 1.32. The molecule has 1 aromatic rings. The molecule has 4 rings (SSSR count). The number of hydrogen-bond donors (Lipinski definition) is 0. The predicted octanol–water partition coefficient (Wildman–Crippen LogP) is 2.09. The lowest BCUT2D eigenvalue weighted by Crippen LogP contribution is -2.44.